The molecule has 0 radical (unpaired) electrons. The molecule has 1 atom stereocenters. The Hall–Kier alpha value is -1.21. The number of hydrogen-bond donors (Lipinski definition) is 1. The second kappa shape index (κ2) is 11.6. The normalized spacial score (nSPS) is 12.4. The molecule has 8 heteroatoms. The van der Waals surface area contributed by atoms with E-state index in [4.69, 9.17) is 23.2 Å². The minimum atomic E-state index is -0.601. The van der Waals surface area contributed by atoms with Crippen molar-refractivity contribution in [1.29, 1.82) is 0 Å². The van der Waals surface area contributed by atoms with E-state index in [-0.39, 0.29) is 23.1 Å². The number of nitrogens with one attached hydrogen (secondary N) is 1. The summed E-state index contributed by atoms with van der Waals surface area (Å²) in [6.45, 7) is 7.88. The molecule has 0 saturated carbocycles. The highest BCUT2D eigenvalue weighted by Gasteiger charge is 2.28. The highest BCUT2D eigenvalue weighted by molar-refractivity contribution is 9.10. The number of thioether (sulfide) groups is 1. The molecule has 0 aromatic heterocycles. The molecular formula is C23H27BrCl2N2O2S. The highest BCUT2D eigenvalue weighted by atomic mass is 79.9. The summed E-state index contributed by atoms with van der Waals surface area (Å²) in [6.07, 6.45) is 0. The van der Waals surface area contributed by atoms with Crippen LogP contribution in [-0.4, -0.2) is 34.0 Å². The van der Waals surface area contributed by atoms with Gasteiger partial charge in [0.2, 0.25) is 11.8 Å². The van der Waals surface area contributed by atoms with Crippen molar-refractivity contribution in [2.75, 3.05) is 5.75 Å². The smallest absolute Gasteiger partial charge is 0.242 e. The van der Waals surface area contributed by atoms with Crippen molar-refractivity contribution >= 4 is 62.7 Å². The van der Waals surface area contributed by atoms with Gasteiger partial charge in [-0.1, -0.05) is 57.3 Å². The number of hydrogen-bond acceptors (Lipinski definition) is 3. The molecule has 0 fully saturated rings. The maximum atomic E-state index is 13.1. The third kappa shape index (κ3) is 8.68. The second-order valence-corrected chi connectivity index (χ2v) is 11.0. The van der Waals surface area contributed by atoms with Gasteiger partial charge in [-0.25, -0.2) is 0 Å². The van der Waals surface area contributed by atoms with Gasteiger partial charge in [0.25, 0.3) is 0 Å². The number of amides is 2. The van der Waals surface area contributed by atoms with Gasteiger partial charge >= 0.3 is 0 Å². The first-order valence-corrected chi connectivity index (χ1v) is 12.5. The zero-order chi connectivity index (χ0) is 23.2. The quantitative estimate of drug-likeness (QED) is 0.422. The van der Waals surface area contributed by atoms with Crippen LogP contribution in [0.15, 0.2) is 46.9 Å². The number of carbonyl (C=O) groups is 2. The first-order valence-electron chi connectivity index (χ1n) is 9.84. The molecule has 0 aliphatic carbocycles. The summed E-state index contributed by atoms with van der Waals surface area (Å²) in [5.74, 6) is 0.601. The van der Waals surface area contributed by atoms with Crippen molar-refractivity contribution in [1.82, 2.24) is 10.2 Å². The van der Waals surface area contributed by atoms with Gasteiger partial charge in [0.05, 0.1) is 15.8 Å². The summed E-state index contributed by atoms with van der Waals surface area (Å²) in [5, 5.41) is 3.97. The minimum absolute atomic E-state index is 0.0957. The van der Waals surface area contributed by atoms with Crippen LogP contribution in [0.4, 0.5) is 0 Å². The summed E-state index contributed by atoms with van der Waals surface area (Å²) < 4.78 is 0.929. The Morgan fingerprint density at radius 2 is 1.81 bits per heavy atom. The van der Waals surface area contributed by atoms with Crippen LogP contribution >= 0.6 is 50.9 Å². The van der Waals surface area contributed by atoms with Crippen LogP contribution in [0.3, 0.4) is 0 Å². The monoisotopic (exact) mass is 544 g/mol. The Morgan fingerprint density at radius 1 is 1.10 bits per heavy atom. The van der Waals surface area contributed by atoms with E-state index in [9.17, 15) is 9.59 Å². The molecule has 31 heavy (non-hydrogen) atoms. The summed E-state index contributed by atoms with van der Waals surface area (Å²) >= 11 is 17.0. The van der Waals surface area contributed by atoms with Crippen LogP contribution < -0.4 is 5.32 Å². The van der Waals surface area contributed by atoms with Gasteiger partial charge in [0, 0.05) is 22.3 Å². The Kier molecular flexibility index (Phi) is 9.74. The first-order chi connectivity index (χ1) is 14.5. The fourth-order valence-corrected chi connectivity index (χ4v) is 4.48. The Bertz CT molecular complexity index is 934. The lowest BCUT2D eigenvalue weighted by atomic mass is 10.1. The van der Waals surface area contributed by atoms with Crippen molar-refractivity contribution in [3.8, 4) is 0 Å². The molecule has 0 saturated heterocycles. The molecule has 168 valence electrons. The molecule has 2 rings (SSSR count). The van der Waals surface area contributed by atoms with Crippen molar-refractivity contribution in [2.24, 2.45) is 0 Å². The lowest BCUT2D eigenvalue weighted by Crippen LogP contribution is -2.52. The minimum Gasteiger partial charge on any atom is -0.350 e. The molecule has 0 aliphatic heterocycles. The largest absolute Gasteiger partial charge is 0.350 e. The summed E-state index contributed by atoms with van der Waals surface area (Å²) in [5.41, 5.74) is 1.57. The molecule has 1 N–H and O–H groups in total. The lowest BCUT2D eigenvalue weighted by molar-refractivity contribution is -0.139. The van der Waals surface area contributed by atoms with Crippen LogP contribution in [0.5, 0.6) is 0 Å². The molecule has 0 aliphatic rings. The Balaban J connectivity index is 2.10. The molecule has 0 spiro atoms. The first kappa shape index (κ1) is 26.0. The molecule has 2 aromatic rings. The maximum Gasteiger partial charge on any atom is 0.242 e. The van der Waals surface area contributed by atoms with Crippen molar-refractivity contribution in [3.05, 3.63) is 68.1 Å². The van der Waals surface area contributed by atoms with E-state index in [1.54, 1.807) is 24.0 Å². The van der Waals surface area contributed by atoms with Crippen LogP contribution in [-0.2, 0) is 21.9 Å². The molecule has 4 nitrogen and oxygen atoms in total. The van der Waals surface area contributed by atoms with Crippen molar-refractivity contribution in [3.63, 3.8) is 0 Å². The fraction of sp³-hybridized carbons (Fsp3) is 0.391. The molecule has 0 unspecified atom stereocenters. The van der Waals surface area contributed by atoms with Gasteiger partial charge in [-0.05, 0) is 63.1 Å². The van der Waals surface area contributed by atoms with Gasteiger partial charge in [-0.2, -0.15) is 0 Å². The van der Waals surface area contributed by atoms with E-state index in [2.05, 4.69) is 21.2 Å². The van der Waals surface area contributed by atoms with Crippen LogP contribution in [0.25, 0.3) is 0 Å². The fourth-order valence-electron chi connectivity index (χ4n) is 2.86. The van der Waals surface area contributed by atoms with E-state index in [0.29, 0.717) is 22.3 Å². The number of rotatable bonds is 8. The predicted octanol–water partition coefficient (Wildman–Crippen LogP) is 6.32. The van der Waals surface area contributed by atoms with E-state index in [1.807, 2.05) is 51.1 Å². The molecule has 2 amide bonds. The second-order valence-electron chi connectivity index (χ2n) is 8.31. The average molecular weight is 546 g/mol. The third-order valence-electron chi connectivity index (χ3n) is 4.39. The maximum absolute atomic E-state index is 13.1. The van der Waals surface area contributed by atoms with Crippen LogP contribution in [0, 0.1) is 0 Å². The van der Waals surface area contributed by atoms with E-state index < -0.39 is 6.04 Å². The topological polar surface area (TPSA) is 49.4 Å². The Morgan fingerprint density at radius 3 is 2.42 bits per heavy atom. The molecular weight excluding hydrogens is 519 g/mol. The van der Waals surface area contributed by atoms with Gasteiger partial charge in [0.1, 0.15) is 6.04 Å². The SMILES string of the molecule is C[C@@H](C(=O)NC(C)(C)C)N(Cc1cccc(Br)c1)C(=O)CSCc1ccc(Cl)c(Cl)c1. The average Bonchev–Trinajstić information content (AvgIpc) is 2.67. The number of nitrogens with zero attached hydrogens (tertiary/aromatic N) is 1. The van der Waals surface area contributed by atoms with Crippen LogP contribution in [0.2, 0.25) is 10.0 Å². The third-order valence-corrected chi connectivity index (χ3v) is 6.61. The molecule has 0 bridgehead atoms. The van der Waals surface area contributed by atoms with Gasteiger partial charge in [-0.15, -0.1) is 11.8 Å². The standard InChI is InChI=1S/C23H27BrCl2N2O2S/c1-15(22(30)27-23(2,3)4)28(12-16-6-5-7-18(24)10-16)21(29)14-31-13-17-8-9-19(25)20(26)11-17/h5-11,15H,12-14H2,1-4H3,(H,27,30)/t15-/m0/s1. The van der Waals surface area contributed by atoms with Crippen LogP contribution in [0.1, 0.15) is 38.8 Å². The lowest BCUT2D eigenvalue weighted by Gasteiger charge is -2.31. The predicted molar refractivity (Wildman–Crippen MR) is 135 cm³/mol. The van der Waals surface area contributed by atoms with Gasteiger partial charge in [-0.3, -0.25) is 9.59 Å². The highest BCUT2D eigenvalue weighted by Crippen LogP contribution is 2.25. The van der Waals surface area contributed by atoms with Crippen molar-refractivity contribution in [2.45, 2.75) is 51.6 Å². The molecule has 0 heterocycles. The summed E-state index contributed by atoms with van der Waals surface area (Å²) in [7, 11) is 0. The zero-order valence-electron chi connectivity index (χ0n) is 18.0. The number of halogens is 3. The zero-order valence-corrected chi connectivity index (χ0v) is 22.0. The number of benzene rings is 2. The summed E-state index contributed by atoms with van der Waals surface area (Å²) in [4.78, 5) is 27.5. The number of carbonyl (C=O) groups excluding carboxylic acids is 2. The van der Waals surface area contributed by atoms with Gasteiger partial charge < -0.3 is 10.2 Å². The Labute approximate surface area is 207 Å². The van der Waals surface area contributed by atoms with Gasteiger partial charge in [0.15, 0.2) is 0 Å². The van der Waals surface area contributed by atoms with E-state index >= 15 is 0 Å². The summed E-state index contributed by atoms with van der Waals surface area (Å²) in [6, 6.07) is 12.6. The molecule has 2 aromatic carbocycles. The van der Waals surface area contributed by atoms with E-state index in [0.717, 1.165) is 15.6 Å². The van der Waals surface area contributed by atoms with E-state index in [1.165, 1.54) is 11.8 Å². The van der Waals surface area contributed by atoms with Crippen molar-refractivity contribution < 1.29 is 9.59 Å².